The molecule has 1 aromatic carbocycles. The van der Waals surface area contributed by atoms with Gasteiger partial charge in [-0.25, -0.2) is 25.9 Å². The first-order valence-corrected chi connectivity index (χ1v) is 11.8. The van der Waals surface area contributed by atoms with Crippen molar-refractivity contribution < 1.29 is 21.6 Å². The van der Waals surface area contributed by atoms with E-state index in [1.807, 2.05) is 0 Å². The van der Waals surface area contributed by atoms with Gasteiger partial charge in [0.15, 0.2) is 0 Å². The number of carbonyl (C=O) groups is 1. The Kier molecular flexibility index (Phi) is 7.03. The molecule has 0 radical (unpaired) electrons. The highest BCUT2D eigenvalue weighted by molar-refractivity contribution is 7.89. The lowest BCUT2D eigenvalue weighted by molar-refractivity contribution is -0.121. The molecule has 0 aromatic heterocycles. The van der Waals surface area contributed by atoms with Gasteiger partial charge in [-0.05, 0) is 25.0 Å². The summed E-state index contributed by atoms with van der Waals surface area (Å²) in [6.45, 7) is 0.598. The van der Waals surface area contributed by atoms with Crippen LogP contribution in [-0.4, -0.2) is 59.0 Å². The maximum absolute atomic E-state index is 12.2. The molecular formula is C15H22ClN3O5S2. The van der Waals surface area contributed by atoms with E-state index in [-0.39, 0.29) is 41.4 Å². The van der Waals surface area contributed by atoms with Crippen LogP contribution in [0.25, 0.3) is 0 Å². The van der Waals surface area contributed by atoms with Crippen molar-refractivity contribution in [2.75, 3.05) is 25.9 Å². The third-order valence-electron chi connectivity index (χ3n) is 3.99. The van der Waals surface area contributed by atoms with Crippen LogP contribution in [-0.2, 0) is 24.8 Å². The molecule has 1 unspecified atom stereocenters. The third-order valence-corrected chi connectivity index (χ3v) is 7.22. The second kappa shape index (κ2) is 8.66. The Morgan fingerprint density at radius 1 is 1.27 bits per heavy atom. The monoisotopic (exact) mass is 423 g/mol. The molecule has 1 aliphatic heterocycles. The first kappa shape index (κ1) is 21.1. The average Bonchev–Trinajstić information content (AvgIpc) is 2.54. The summed E-state index contributed by atoms with van der Waals surface area (Å²) in [4.78, 5) is 12.0. The molecule has 0 aliphatic carbocycles. The molecule has 8 nitrogen and oxygen atoms in total. The number of sulfonamides is 2. The summed E-state index contributed by atoms with van der Waals surface area (Å²) < 4.78 is 51.2. The summed E-state index contributed by atoms with van der Waals surface area (Å²) in [5.41, 5.74) is 0. The van der Waals surface area contributed by atoms with Crippen LogP contribution in [0.4, 0.5) is 0 Å². The molecule has 0 spiro atoms. The van der Waals surface area contributed by atoms with Crippen molar-refractivity contribution in [1.29, 1.82) is 0 Å². The number of piperidine rings is 1. The normalized spacial score (nSPS) is 19.2. The van der Waals surface area contributed by atoms with Crippen molar-refractivity contribution in [3.63, 3.8) is 0 Å². The van der Waals surface area contributed by atoms with Crippen LogP contribution >= 0.6 is 11.6 Å². The fourth-order valence-electron chi connectivity index (χ4n) is 2.70. The van der Waals surface area contributed by atoms with Crippen LogP contribution < -0.4 is 10.0 Å². The van der Waals surface area contributed by atoms with E-state index in [2.05, 4.69) is 10.0 Å². The molecule has 0 saturated carbocycles. The molecule has 1 saturated heterocycles. The first-order chi connectivity index (χ1) is 12.1. The number of nitrogens with zero attached hydrogens (tertiary/aromatic N) is 1. The van der Waals surface area contributed by atoms with E-state index >= 15 is 0 Å². The number of nitrogens with one attached hydrogen (secondary N) is 2. The van der Waals surface area contributed by atoms with Crippen molar-refractivity contribution >= 4 is 37.6 Å². The minimum Gasteiger partial charge on any atom is -0.352 e. The zero-order chi connectivity index (χ0) is 19.4. The second-order valence-corrected chi connectivity index (χ2v) is 10.2. The van der Waals surface area contributed by atoms with Crippen LogP contribution in [0.5, 0.6) is 0 Å². The summed E-state index contributed by atoms with van der Waals surface area (Å²) in [5.74, 6) is -0.341. The van der Waals surface area contributed by atoms with E-state index in [4.69, 9.17) is 11.6 Å². The van der Waals surface area contributed by atoms with Gasteiger partial charge >= 0.3 is 0 Å². The van der Waals surface area contributed by atoms with E-state index in [0.29, 0.717) is 19.4 Å². The van der Waals surface area contributed by atoms with Gasteiger partial charge in [-0.15, -0.1) is 0 Å². The Hall–Kier alpha value is -1.20. The zero-order valence-corrected chi connectivity index (χ0v) is 16.7. The Balaban J connectivity index is 1.83. The van der Waals surface area contributed by atoms with Crippen LogP contribution in [0.1, 0.15) is 19.3 Å². The zero-order valence-electron chi connectivity index (χ0n) is 14.3. The quantitative estimate of drug-likeness (QED) is 0.664. The standard InChI is InChI=1S/C15H22ClN3O5S2/c1-25(21,22)19-10-4-5-12(11-19)18-15(20)8-9-17-26(23,24)14-7-3-2-6-13(14)16/h2-3,6-7,12,17H,4-5,8-11H2,1H3,(H,18,20). The SMILES string of the molecule is CS(=O)(=O)N1CCCC(NC(=O)CCNS(=O)(=O)c2ccccc2Cl)C1. The molecule has 1 atom stereocenters. The fourth-order valence-corrected chi connectivity index (χ4v) is 5.16. The van der Waals surface area contributed by atoms with Crippen LogP contribution in [0.15, 0.2) is 29.2 Å². The summed E-state index contributed by atoms with van der Waals surface area (Å²) >= 11 is 5.88. The fraction of sp³-hybridized carbons (Fsp3) is 0.533. The van der Waals surface area contributed by atoms with Crippen molar-refractivity contribution in [1.82, 2.24) is 14.3 Å². The van der Waals surface area contributed by atoms with Crippen molar-refractivity contribution in [3.8, 4) is 0 Å². The second-order valence-electron chi connectivity index (χ2n) is 6.11. The smallest absolute Gasteiger partial charge is 0.242 e. The Bertz CT molecular complexity index is 858. The minimum atomic E-state index is -3.80. The lowest BCUT2D eigenvalue weighted by Crippen LogP contribution is -2.49. The number of carbonyl (C=O) groups excluding carboxylic acids is 1. The van der Waals surface area contributed by atoms with Gasteiger partial charge in [0.05, 0.1) is 11.3 Å². The molecule has 1 fully saturated rings. The van der Waals surface area contributed by atoms with Gasteiger partial charge in [-0.1, -0.05) is 23.7 Å². The average molecular weight is 424 g/mol. The third kappa shape index (κ3) is 5.92. The van der Waals surface area contributed by atoms with E-state index in [1.165, 1.54) is 16.4 Å². The highest BCUT2D eigenvalue weighted by atomic mass is 35.5. The lowest BCUT2D eigenvalue weighted by atomic mass is 10.1. The number of benzene rings is 1. The predicted octanol–water partition coefficient (Wildman–Crippen LogP) is 0.549. The Morgan fingerprint density at radius 3 is 2.62 bits per heavy atom. The van der Waals surface area contributed by atoms with E-state index in [1.54, 1.807) is 12.1 Å². The number of hydrogen-bond acceptors (Lipinski definition) is 5. The van der Waals surface area contributed by atoms with Gasteiger partial charge in [0.2, 0.25) is 26.0 Å². The Labute approximate surface area is 159 Å². The molecule has 0 bridgehead atoms. The van der Waals surface area contributed by atoms with E-state index in [9.17, 15) is 21.6 Å². The topological polar surface area (TPSA) is 113 Å². The van der Waals surface area contributed by atoms with Gasteiger partial charge < -0.3 is 5.32 Å². The number of hydrogen-bond donors (Lipinski definition) is 2. The lowest BCUT2D eigenvalue weighted by Gasteiger charge is -2.31. The largest absolute Gasteiger partial charge is 0.352 e. The minimum absolute atomic E-state index is 0.0434. The molecule has 1 aliphatic rings. The summed E-state index contributed by atoms with van der Waals surface area (Å²) in [5, 5.41) is 2.86. The van der Waals surface area contributed by atoms with Crippen molar-refractivity contribution in [2.45, 2.75) is 30.2 Å². The summed E-state index contributed by atoms with van der Waals surface area (Å²) in [7, 11) is -7.09. The van der Waals surface area contributed by atoms with Crippen LogP contribution in [0.3, 0.4) is 0 Å². The summed E-state index contributed by atoms with van der Waals surface area (Å²) in [6.07, 6.45) is 2.43. The number of rotatable bonds is 7. The maximum atomic E-state index is 12.2. The molecular weight excluding hydrogens is 402 g/mol. The molecule has 1 aromatic rings. The molecule has 146 valence electrons. The highest BCUT2D eigenvalue weighted by Gasteiger charge is 2.26. The van der Waals surface area contributed by atoms with E-state index < -0.39 is 20.0 Å². The number of amides is 1. The van der Waals surface area contributed by atoms with Gasteiger partial charge in [-0.3, -0.25) is 4.79 Å². The first-order valence-electron chi connectivity index (χ1n) is 8.08. The Morgan fingerprint density at radius 2 is 1.96 bits per heavy atom. The summed E-state index contributed by atoms with van der Waals surface area (Å²) in [6, 6.07) is 5.76. The molecule has 26 heavy (non-hydrogen) atoms. The van der Waals surface area contributed by atoms with Crippen LogP contribution in [0, 0.1) is 0 Å². The molecule has 2 N–H and O–H groups in total. The molecule has 11 heteroatoms. The maximum Gasteiger partial charge on any atom is 0.242 e. The van der Waals surface area contributed by atoms with Gasteiger partial charge in [-0.2, -0.15) is 0 Å². The van der Waals surface area contributed by atoms with E-state index in [0.717, 1.165) is 6.26 Å². The van der Waals surface area contributed by atoms with Gasteiger partial charge in [0.25, 0.3) is 0 Å². The highest BCUT2D eigenvalue weighted by Crippen LogP contribution is 2.20. The van der Waals surface area contributed by atoms with Crippen LogP contribution in [0.2, 0.25) is 5.02 Å². The molecule has 1 amide bonds. The van der Waals surface area contributed by atoms with Gasteiger partial charge in [0, 0.05) is 32.1 Å². The van der Waals surface area contributed by atoms with Gasteiger partial charge in [0.1, 0.15) is 4.90 Å². The predicted molar refractivity (Wildman–Crippen MR) is 98.8 cm³/mol. The molecule has 1 heterocycles. The van der Waals surface area contributed by atoms with Crippen molar-refractivity contribution in [3.05, 3.63) is 29.3 Å². The number of halogens is 1. The molecule has 2 rings (SSSR count). The van der Waals surface area contributed by atoms with Crippen molar-refractivity contribution in [2.24, 2.45) is 0 Å².